The van der Waals surface area contributed by atoms with Crippen LogP contribution in [-0.4, -0.2) is 22.7 Å². The minimum absolute atomic E-state index is 0.0268. The molecule has 0 saturated carbocycles. The van der Waals surface area contributed by atoms with E-state index in [0.717, 1.165) is 36.0 Å². The number of ether oxygens (including phenoxy) is 1. The van der Waals surface area contributed by atoms with E-state index in [-0.39, 0.29) is 24.6 Å². The van der Waals surface area contributed by atoms with Gasteiger partial charge in [0.25, 0.3) is 0 Å². The number of carbonyl (C=O) groups excluding carboxylic acids is 2. The van der Waals surface area contributed by atoms with Gasteiger partial charge in [0.15, 0.2) is 11.6 Å². The van der Waals surface area contributed by atoms with E-state index in [1.807, 2.05) is 55.5 Å². The fourth-order valence-corrected chi connectivity index (χ4v) is 3.48. The highest BCUT2D eigenvalue weighted by atomic mass is 16.5. The summed E-state index contributed by atoms with van der Waals surface area (Å²) in [6.07, 6.45) is 1.90. The number of aromatic nitrogens is 1. The third-order valence-electron chi connectivity index (χ3n) is 4.97. The van der Waals surface area contributed by atoms with Gasteiger partial charge in [0.1, 0.15) is 12.4 Å². The summed E-state index contributed by atoms with van der Waals surface area (Å²) in [6.45, 7) is 4.79. The monoisotopic (exact) mass is 388 g/mol. The first-order chi connectivity index (χ1) is 14.1. The lowest BCUT2D eigenvalue weighted by Gasteiger charge is -2.08. The third kappa shape index (κ3) is 4.38. The van der Waals surface area contributed by atoms with Gasteiger partial charge in [-0.2, -0.15) is 5.26 Å². The minimum atomic E-state index is -0.273. The van der Waals surface area contributed by atoms with Crippen molar-refractivity contribution in [3.63, 3.8) is 0 Å². The number of rotatable bonds is 9. The van der Waals surface area contributed by atoms with Crippen LogP contribution in [0.3, 0.4) is 0 Å². The van der Waals surface area contributed by atoms with Crippen molar-refractivity contribution in [3.8, 4) is 11.8 Å². The normalized spacial score (nSPS) is 10.7. The van der Waals surface area contributed by atoms with Crippen LogP contribution in [0.2, 0.25) is 0 Å². The number of aryl methyl sites for hydroxylation is 1. The van der Waals surface area contributed by atoms with Crippen LogP contribution >= 0.6 is 0 Å². The summed E-state index contributed by atoms with van der Waals surface area (Å²) in [5.41, 5.74) is 3.21. The number of nitrogens with zero attached hydrogens (tertiary/aromatic N) is 2. The van der Waals surface area contributed by atoms with E-state index in [0.29, 0.717) is 16.9 Å². The van der Waals surface area contributed by atoms with Crippen LogP contribution in [0.1, 0.15) is 47.8 Å². The van der Waals surface area contributed by atoms with Gasteiger partial charge in [-0.25, -0.2) is 0 Å². The molecule has 0 N–H and O–H groups in total. The van der Waals surface area contributed by atoms with Gasteiger partial charge in [-0.1, -0.05) is 43.7 Å². The number of carbonyl (C=O) groups is 2. The quantitative estimate of drug-likeness (QED) is 0.492. The molecule has 0 amide bonds. The van der Waals surface area contributed by atoms with E-state index in [2.05, 4.69) is 11.5 Å². The molecule has 0 atom stereocenters. The van der Waals surface area contributed by atoms with Crippen molar-refractivity contribution in [1.29, 1.82) is 5.26 Å². The number of unbranched alkanes of at least 4 members (excludes halogenated alkanes) is 1. The molecule has 3 rings (SSSR count). The zero-order valence-corrected chi connectivity index (χ0v) is 16.8. The minimum Gasteiger partial charge on any atom is -0.486 e. The van der Waals surface area contributed by atoms with Gasteiger partial charge in [0, 0.05) is 28.7 Å². The molecule has 3 aromatic rings. The molecular formula is C24H24N2O3. The molecule has 0 fully saturated rings. The predicted molar refractivity (Wildman–Crippen MR) is 112 cm³/mol. The maximum atomic E-state index is 13.3. The van der Waals surface area contributed by atoms with Crippen molar-refractivity contribution < 1.29 is 14.3 Å². The van der Waals surface area contributed by atoms with Crippen molar-refractivity contribution in [2.45, 2.75) is 39.7 Å². The topological polar surface area (TPSA) is 72.1 Å². The van der Waals surface area contributed by atoms with Crippen molar-refractivity contribution in [2.75, 3.05) is 6.61 Å². The Hall–Kier alpha value is -3.39. The van der Waals surface area contributed by atoms with E-state index in [9.17, 15) is 9.59 Å². The second-order valence-corrected chi connectivity index (χ2v) is 7.00. The van der Waals surface area contributed by atoms with E-state index in [1.165, 1.54) is 0 Å². The number of fused-ring (bicyclic) bond motifs is 1. The molecule has 0 bridgehead atoms. The SMILES string of the molecule is CCCCn1c(C)c(C(=O)c2ccccc2)c2cc(OCC(=O)CC#N)ccc21. The van der Waals surface area contributed by atoms with Gasteiger partial charge in [0.05, 0.1) is 18.1 Å². The maximum absolute atomic E-state index is 13.3. The highest BCUT2D eigenvalue weighted by molar-refractivity contribution is 6.17. The van der Waals surface area contributed by atoms with Gasteiger partial charge in [-0.05, 0) is 31.5 Å². The molecule has 0 radical (unpaired) electrons. The molecule has 0 spiro atoms. The molecule has 0 aliphatic rings. The molecule has 29 heavy (non-hydrogen) atoms. The first kappa shape index (κ1) is 20.3. The Kier molecular flexibility index (Phi) is 6.46. The molecule has 148 valence electrons. The molecule has 0 aliphatic heterocycles. The van der Waals surface area contributed by atoms with Crippen LogP contribution in [-0.2, 0) is 11.3 Å². The molecule has 1 heterocycles. The molecule has 0 unspecified atom stereocenters. The van der Waals surface area contributed by atoms with Crippen LogP contribution in [0.25, 0.3) is 10.9 Å². The molecule has 0 saturated heterocycles. The Labute approximate surface area is 170 Å². The van der Waals surface area contributed by atoms with Crippen LogP contribution in [0.4, 0.5) is 0 Å². The summed E-state index contributed by atoms with van der Waals surface area (Å²) in [4.78, 5) is 24.9. The van der Waals surface area contributed by atoms with Crippen LogP contribution in [0, 0.1) is 18.3 Å². The molecular weight excluding hydrogens is 364 g/mol. The molecule has 5 nitrogen and oxygen atoms in total. The summed E-state index contributed by atoms with van der Waals surface area (Å²) < 4.78 is 7.76. The van der Waals surface area contributed by atoms with Crippen LogP contribution in [0.15, 0.2) is 48.5 Å². The van der Waals surface area contributed by atoms with Crippen molar-refractivity contribution >= 4 is 22.5 Å². The van der Waals surface area contributed by atoms with Crippen molar-refractivity contribution in [3.05, 3.63) is 65.4 Å². The molecule has 5 heteroatoms. The Morgan fingerprint density at radius 2 is 1.90 bits per heavy atom. The Bertz CT molecular complexity index is 1070. The first-order valence-corrected chi connectivity index (χ1v) is 9.80. The largest absolute Gasteiger partial charge is 0.486 e. The van der Waals surface area contributed by atoms with Gasteiger partial charge in [-0.15, -0.1) is 0 Å². The standard InChI is InChI=1S/C24H24N2O3/c1-3-4-14-26-17(2)23(24(28)18-8-6-5-7-9-18)21-15-20(10-11-22(21)26)29-16-19(27)12-13-25/h5-11,15H,3-4,12,14,16H2,1-2H3. The van der Waals surface area contributed by atoms with E-state index in [4.69, 9.17) is 10.00 Å². The lowest BCUT2D eigenvalue weighted by molar-refractivity contribution is -0.120. The van der Waals surface area contributed by atoms with Crippen molar-refractivity contribution in [1.82, 2.24) is 4.57 Å². The Morgan fingerprint density at radius 3 is 2.59 bits per heavy atom. The average Bonchev–Trinajstić information content (AvgIpc) is 3.01. The van der Waals surface area contributed by atoms with Gasteiger partial charge < -0.3 is 9.30 Å². The summed E-state index contributed by atoms with van der Waals surface area (Å²) in [6, 6.07) is 16.6. The number of ketones is 2. The number of benzene rings is 2. The second-order valence-electron chi connectivity index (χ2n) is 7.00. The zero-order chi connectivity index (χ0) is 20.8. The Morgan fingerprint density at radius 1 is 1.14 bits per heavy atom. The number of hydrogen-bond acceptors (Lipinski definition) is 4. The van der Waals surface area contributed by atoms with E-state index >= 15 is 0 Å². The average molecular weight is 388 g/mol. The fraction of sp³-hybridized carbons (Fsp3) is 0.292. The number of hydrogen-bond donors (Lipinski definition) is 0. The summed E-state index contributed by atoms with van der Waals surface area (Å²) >= 11 is 0. The second kappa shape index (κ2) is 9.20. The number of Topliss-reactive ketones (excluding diaryl/α,β-unsaturated/α-hetero) is 1. The summed E-state index contributed by atoms with van der Waals surface area (Å²) in [5, 5.41) is 9.44. The van der Waals surface area contributed by atoms with Crippen LogP contribution in [0.5, 0.6) is 5.75 Å². The zero-order valence-electron chi connectivity index (χ0n) is 16.8. The third-order valence-corrected chi connectivity index (χ3v) is 4.97. The predicted octanol–water partition coefficient (Wildman–Crippen LogP) is 4.84. The molecule has 1 aromatic heterocycles. The summed E-state index contributed by atoms with van der Waals surface area (Å²) in [7, 11) is 0. The smallest absolute Gasteiger partial charge is 0.195 e. The first-order valence-electron chi connectivity index (χ1n) is 9.80. The molecule has 0 aliphatic carbocycles. The summed E-state index contributed by atoms with van der Waals surface area (Å²) in [5.74, 6) is 0.212. The highest BCUT2D eigenvalue weighted by Crippen LogP contribution is 2.31. The van der Waals surface area contributed by atoms with E-state index < -0.39 is 0 Å². The lowest BCUT2D eigenvalue weighted by atomic mass is 10.0. The fourth-order valence-electron chi connectivity index (χ4n) is 3.48. The molecule has 2 aromatic carbocycles. The van der Waals surface area contributed by atoms with Gasteiger partial charge in [-0.3, -0.25) is 9.59 Å². The Balaban J connectivity index is 2.05. The van der Waals surface area contributed by atoms with Gasteiger partial charge >= 0.3 is 0 Å². The number of nitriles is 1. The lowest BCUT2D eigenvalue weighted by Crippen LogP contribution is -2.10. The maximum Gasteiger partial charge on any atom is 0.195 e. The van der Waals surface area contributed by atoms with Crippen molar-refractivity contribution in [2.24, 2.45) is 0 Å². The van der Waals surface area contributed by atoms with E-state index in [1.54, 1.807) is 6.07 Å². The highest BCUT2D eigenvalue weighted by Gasteiger charge is 2.21. The van der Waals surface area contributed by atoms with Crippen LogP contribution < -0.4 is 4.74 Å². The van der Waals surface area contributed by atoms with Gasteiger partial charge in [0.2, 0.25) is 0 Å².